The van der Waals surface area contributed by atoms with E-state index in [1.807, 2.05) is 12.1 Å². The maximum absolute atomic E-state index is 5.84. The molecule has 0 aliphatic carbocycles. The molecule has 1 aromatic heterocycles. The number of aromatic nitrogens is 1. The van der Waals surface area contributed by atoms with E-state index >= 15 is 0 Å². The van der Waals surface area contributed by atoms with Gasteiger partial charge in [0.15, 0.2) is 0 Å². The van der Waals surface area contributed by atoms with E-state index in [-0.39, 0.29) is 0 Å². The van der Waals surface area contributed by atoms with Gasteiger partial charge in [0.05, 0.1) is 11.0 Å². The molecule has 27 heavy (non-hydrogen) atoms. The number of hydrogen-bond donors (Lipinski definition) is 1. The van der Waals surface area contributed by atoms with Gasteiger partial charge in [-0.25, -0.2) is 0 Å². The van der Waals surface area contributed by atoms with Crippen molar-refractivity contribution in [2.75, 3.05) is 5.73 Å². The summed E-state index contributed by atoms with van der Waals surface area (Å²) in [5.74, 6) is 0. The number of nitrogens with two attached hydrogens (primary N) is 1. The van der Waals surface area contributed by atoms with Crippen LogP contribution in [0.2, 0.25) is 0 Å². The van der Waals surface area contributed by atoms with E-state index in [0.717, 1.165) is 5.69 Å². The molecule has 0 atom stereocenters. The Morgan fingerprint density at radius 3 is 2.07 bits per heavy atom. The summed E-state index contributed by atoms with van der Waals surface area (Å²) in [6.45, 7) is 2.12. The van der Waals surface area contributed by atoms with Crippen LogP contribution < -0.4 is 5.73 Å². The minimum Gasteiger partial charge on any atom is -0.399 e. The molecule has 0 saturated carbocycles. The van der Waals surface area contributed by atoms with Crippen molar-refractivity contribution >= 4 is 27.5 Å². The fourth-order valence-electron chi connectivity index (χ4n) is 3.80. The molecule has 2 heteroatoms. The molecule has 0 saturated heterocycles. The number of nitrogen functional groups attached to an aromatic ring is 1. The first-order valence-electron chi connectivity index (χ1n) is 9.17. The normalized spacial score (nSPS) is 11.3. The third-order valence-electron chi connectivity index (χ3n) is 5.21. The first-order valence-corrected chi connectivity index (χ1v) is 9.17. The molecule has 0 radical (unpaired) electrons. The van der Waals surface area contributed by atoms with Gasteiger partial charge in [0.2, 0.25) is 0 Å². The van der Waals surface area contributed by atoms with Gasteiger partial charge < -0.3 is 10.3 Å². The summed E-state index contributed by atoms with van der Waals surface area (Å²) in [7, 11) is 0. The number of fused-ring (bicyclic) bond motifs is 3. The first-order chi connectivity index (χ1) is 13.2. The largest absolute Gasteiger partial charge is 0.399 e. The zero-order valence-electron chi connectivity index (χ0n) is 15.2. The molecule has 0 bridgehead atoms. The lowest BCUT2D eigenvalue weighted by atomic mass is 10.0. The molecule has 2 nitrogen and oxygen atoms in total. The van der Waals surface area contributed by atoms with Gasteiger partial charge in [0.25, 0.3) is 0 Å². The molecule has 1 heterocycles. The van der Waals surface area contributed by atoms with E-state index in [1.165, 1.54) is 44.2 Å². The Hall–Kier alpha value is -3.52. The van der Waals surface area contributed by atoms with Crippen LogP contribution >= 0.6 is 0 Å². The molecular formula is C25H20N2. The molecule has 0 fully saturated rings. The summed E-state index contributed by atoms with van der Waals surface area (Å²) < 4.78 is 2.34. The first kappa shape index (κ1) is 15.7. The van der Waals surface area contributed by atoms with Crippen LogP contribution in [0.5, 0.6) is 0 Å². The summed E-state index contributed by atoms with van der Waals surface area (Å²) in [5.41, 5.74) is 13.9. The zero-order chi connectivity index (χ0) is 18.4. The van der Waals surface area contributed by atoms with Crippen LogP contribution in [0.15, 0.2) is 91.0 Å². The van der Waals surface area contributed by atoms with Crippen LogP contribution in [-0.2, 0) is 0 Å². The van der Waals surface area contributed by atoms with Crippen molar-refractivity contribution < 1.29 is 0 Å². The highest BCUT2D eigenvalue weighted by Crippen LogP contribution is 2.34. The third kappa shape index (κ3) is 2.58. The zero-order valence-corrected chi connectivity index (χ0v) is 15.2. The van der Waals surface area contributed by atoms with Gasteiger partial charge >= 0.3 is 0 Å². The van der Waals surface area contributed by atoms with E-state index in [2.05, 4.69) is 90.4 Å². The third-order valence-corrected chi connectivity index (χ3v) is 5.21. The number of para-hydroxylation sites is 1. The summed E-state index contributed by atoms with van der Waals surface area (Å²) >= 11 is 0. The molecule has 5 aromatic rings. The number of hydrogen-bond acceptors (Lipinski definition) is 1. The Kier molecular flexibility index (Phi) is 3.51. The fraction of sp³-hybridized carbons (Fsp3) is 0.0400. The van der Waals surface area contributed by atoms with Crippen LogP contribution in [0.3, 0.4) is 0 Å². The lowest BCUT2D eigenvalue weighted by molar-refractivity contribution is 1.17. The topological polar surface area (TPSA) is 30.9 Å². The summed E-state index contributed by atoms with van der Waals surface area (Å²) in [6.07, 6.45) is 0. The maximum atomic E-state index is 5.84. The Bertz CT molecular complexity index is 1260. The second kappa shape index (κ2) is 6.03. The van der Waals surface area contributed by atoms with Crippen LogP contribution in [0.25, 0.3) is 38.6 Å². The van der Waals surface area contributed by atoms with Crippen molar-refractivity contribution in [2.45, 2.75) is 6.92 Å². The molecular weight excluding hydrogens is 328 g/mol. The Labute approximate surface area is 158 Å². The van der Waals surface area contributed by atoms with E-state index in [0.29, 0.717) is 0 Å². The van der Waals surface area contributed by atoms with Gasteiger partial charge in [0.1, 0.15) is 0 Å². The standard InChI is InChI=1S/C25H20N2/c1-17-6-13-21(14-7-17)27-24-5-3-2-4-22(24)23-16-19(10-15-25(23)27)18-8-11-20(26)12-9-18/h2-16H,26H2,1H3. The number of aryl methyl sites for hydroxylation is 1. The number of rotatable bonds is 2. The lowest BCUT2D eigenvalue weighted by Crippen LogP contribution is -1.93. The van der Waals surface area contributed by atoms with Crippen molar-refractivity contribution in [3.63, 3.8) is 0 Å². The van der Waals surface area contributed by atoms with Crippen molar-refractivity contribution in [3.8, 4) is 16.8 Å². The molecule has 0 spiro atoms. The highest BCUT2D eigenvalue weighted by molar-refractivity contribution is 6.10. The Morgan fingerprint density at radius 1 is 0.630 bits per heavy atom. The van der Waals surface area contributed by atoms with E-state index in [9.17, 15) is 0 Å². The average Bonchev–Trinajstić information content (AvgIpc) is 3.03. The predicted molar refractivity (Wildman–Crippen MR) is 115 cm³/mol. The molecule has 5 rings (SSSR count). The SMILES string of the molecule is Cc1ccc(-n2c3ccccc3c3cc(-c4ccc(N)cc4)ccc32)cc1. The maximum Gasteiger partial charge on any atom is 0.0541 e. The molecule has 0 amide bonds. The van der Waals surface area contributed by atoms with Crippen LogP contribution in [0, 0.1) is 6.92 Å². The van der Waals surface area contributed by atoms with Crippen LogP contribution in [-0.4, -0.2) is 4.57 Å². The van der Waals surface area contributed by atoms with Crippen molar-refractivity contribution in [1.82, 2.24) is 4.57 Å². The number of benzene rings is 4. The Balaban J connectivity index is 1.80. The summed E-state index contributed by atoms with van der Waals surface area (Å²) in [6, 6.07) is 32.1. The number of anilines is 1. The van der Waals surface area contributed by atoms with E-state index in [4.69, 9.17) is 5.73 Å². The smallest absolute Gasteiger partial charge is 0.0541 e. The molecule has 0 aliphatic heterocycles. The van der Waals surface area contributed by atoms with Crippen molar-refractivity contribution in [3.05, 3.63) is 96.6 Å². The van der Waals surface area contributed by atoms with Gasteiger partial charge in [-0.15, -0.1) is 0 Å². The lowest BCUT2D eigenvalue weighted by Gasteiger charge is -2.09. The van der Waals surface area contributed by atoms with E-state index in [1.54, 1.807) is 0 Å². The molecule has 0 unspecified atom stereocenters. The van der Waals surface area contributed by atoms with Crippen LogP contribution in [0.4, 0.5) is 5.69 Å². The number of nitrogens with zero attached hydrogens (tertiary/aromatic N) is 1. The Morgan fingerprint density at radius 2 is 1.30 bits per heavy atom. The summed E-state index contributed by atoms with van der Waals surface area (Å²) in [4.78, 5) is 0. The van der Waals surface area contributed by atoms with Gasteiger partial charge in [-0.1, -0.05) is 54.1 Å². The van der Waals surface area contributed by atoms with Gasteiger partial charge in [-0.2, -0.15) is 0 Å². The van der Waals surface area contributed by atoms with Crippen molar-refractivity contribution in [2.24, 2.45) is 0 Å². The highest BCUT2D eigenvalue weighted by Gasteiger charge is 2.12. The second-order valence-corrected chi connectivity index (χ2v) is 7.04. The summed E-state index contributed by atoms with van der Waals surface area (Å²) in [5, 5.41) is 2.53. The average molecular weight is 348 g/mol. The molecule has 4 aromatic carbocycles. The second-order valence-electron chi connectivity index (χ2n) is 7.04. The van der Waals surface area contributed by atoms with Crippen LogP contribution in [0.1, 0.15) is 5.56 Å². The quantitative estimate of drug-likeness (QED) is 0.371. The van der Waals surface area contributed by atoms with Gasteiger partial charge in [-0.05, 0) is 60.5 Å². The fourth-order valence-corrected chi connectivity index (χ4v) is 3.80. The molecule has 2 N–H and O–H groups in total. The van der Waals surface area contributed by atoms with Crippen molar-refractivity contribution in [1.29, 1.82) is 0 Å². The predicted octanol–water partition coefficient (Wildman–Crippen LogP) is 6.34. The van der Waals surface area contributed by atoms with Gasteiger partial charge in [0, 0.05) is 22.1 Å². The monoisotopic (exact) mass is 348 g/mol. The minimum atomic E-state index is 0.788. The minimum absolute atomic E-state index is 0.788. The molecule has 130 valence electrons. The molecule has 0 aliphatic rings. The highest BCUT2D eigenvalue weighted by atomic mass is 15.0. The van der Waals surface area contributed by atoms with Gasteiger partial charge in [-0.3, -0.25) is 0 Å². The van der Waals surface area contributed by atoms with E-state index < -0.39 is 0 Å².